The van der Waals surface area contributed by atoms with Gasteiger partial charge in [-0.1, -0.05) is 26.7 Å². The average molecular weight is 1270 g/mol. The third-order valence-electron chi connectivity index (χ3n) is 13.1. The Labute approximate surface area is 528 Å². The van der Waals surface area contributed by atoms with Gasteiger partial charge in [-0.15, -0.1) is 0 Å². The molecule has 0 saturated carbocycles. The minimum atomic E-state index is -0.552. The zero-order chi connectivity index (χ0) is 69.5. The zero-order valence-corrected chi connectivity index (χ0v) is 55.3. The highest BCUT2D eigenvalue weighted by Crippen LogP contribution is 2.12. The standard InChI is InChI=1S/C15H24O5.C13H20O5.3C13H22O4/c1-11(16)3-5-13(18)7-9-15(20)10-8-14(19)6-4-12(2)17;1-9(14)3-4-11(16)5-6-12(17)7-8-13(18)10(2)15;1-10(14)5-3-4-6-12(16)7-8-13(17)9-11(2)15;1-3-11(15)5-4-6-12(16)7-8-13(17)9-10(2)14;1-3-4-11(15)5-6-12(16)7-8-13(17)9-10(2)14/h11,16H,3-10H2,1-2H3;9,14H,3-8H2,1-2H3;10,14H,3-9H2,1-2H3;2*11,15H,3-9H2,1-2H3. The summed E-state index contributed by atoms with van der Waals surface area (Å²) >= 11 is 0. The normalized spacial score (nSPS) is 12.1. The smallest absolute Gasteiger partial charge is 0.198 e. The molecule has 0 bridgehead atoms. The van der Waals surface area contributed by atoms with Crippen molar-refractivity contribution >= 4 is 98.3 Å². The van der Waals surface area contributed by atoms with Crippen LogP contribution < -0.4 is 0 Å². The van der Waals surface area contributed by atoms with Gasteiger partial charge in [0.2, 0.25) is 0 Å². The highest BCUT2D eigenvalue weighted by Gasteiger charge is 2.16. The number of Topliss-reactive ketones (excluding diaryl/α,β-unsaturated/α-hetero) is 17. The number of rotatable bonds is 52. The van der Waals surface area contributed by atoms with Gasteiger partial charge in [-0.2, -0.15) is 0 Å². The highest BCUT2D eigenvalue weighted by molar-refractivity contribution is 6.36. The van der Waals surface area contributed by atoms with Crippen LogP contribution in [0.1, 0.15) is 294 Å². The lowest BCUT2D eigenvalue weighted by Crippen LogP contribution is -2.12. The van der Waals surface area contributed by atoms with E-state index in [9.17, 15) is 91.7 Å². The first-order chi connectivity index (χ1) is 41.4. The fourth-order valence-corrected chi connectivity index (χ4v) is 7.56. The second-order valence-electron chi connectivity index (χ2n) is 23.0. The van der Waals surface area contributed by atoms with Crippen LogP contribution in [0.2, 0.25) is 0 Å². The van der Waals surface area contributed by atoms with Gasteiger partial charge in [-0.05, 0) is 106 Å². The first kappa shape index (κ1) is 91.9. The molecule has 0 aliphatic rings. The van der Waals surface area contributed by atoms with Gasteiger partial charge in [0.1, 0.15) is 86.7 Å². The summed E-state index contributed by atoms with van der Waals surface area (Å²) in [4.78, 5) is 189. The maximum atomic E-state index is 11.5. The number of hydrogen-bond acceptors (Lipinski definition) is 22. The van der Waals surface area contributed by atoms with E-state index in [0.29, 0.717) is 70.6 Å². The molecule has 0 saturated heterocycles. The molecule has 510 valence electrons. The van der Waals surface area contributed by atoms with Crippen molar-refractivity contribution < 1.29 is 107 Å². The van der Waals surface area contributed by atoms with E-state index < -0.39 is 29.9 Å². The summed E-state index contributed by atoms with van der Waals surface area (Å²) in [6, 6.07) is 0. The number of carbonyl (C=O) groups is 17. The van der Waals surface area contributed by atoms with Crippen LogP contribution >= 0.6 is 0 Å². The molecule has 89 heavy (non-hydrogen) atoms. The second kappa shape index (κ2) is 59.8. The van der Waals surface area contributed by atoms with E-state index in [4.69, 9.17) is 15.3 Å². The summed E-state index contributed by atoms with van der Waals surface area (Å²) in [6.45, 7) is 15.5. The molecule has 0 fully saturated rings. The minimum absolute atomic E-state index is 0.0160. The Morgan fingerprint density at radius 2 is 0.539 bits per heavy atom. The lowest BCUT2D eigenvalue weighted by atomic mass is 10.0. The maximum absolute atomic E-state index is 11.5. The van der Waals surface area contributed by atoms with Gasteiger partial charge >= 0.3 is 0 Å². The van der Waals surface area contributed by atoms with Gasteiger partial charge in [0, 0.05) is 142 Å². The molecule has 0 aliphatic heterocycles. The van der Waals surface area contributed by atoms with E-state index in [1.807, 2.05) is 13.8 Å². The monoisotopic (exact) mass is 1270 g/mol. The van der Waals surface area contributed by atoms with Crippen LogP contribution in [0.25, 0.3) is 0 Å². The Balaban J connectivity index is -0.000000331. The Hall–Kier alpha value is -5.81. The van der Waals surface area contributed by atoms with E-state index in [2.05, 4.69) is 0 Å². The molecule has 5 unspecified atom stereocenters. The quantitative estimate of drug-likeness (QED) is 0.0217. The summed E-state index contributed by atoms with van der Waals surface area (Å²) in [5.41, 5.74) is 0. The molecule has 0 spiro atoms. The second-order valence-corrected chi connectivity index (χ2v) is 23.0. The lowest BCUT2D eigenvalue weighted by molar-refractivity contribution is -0.136. The molecule has 22 nitrogen and oxygen atoms in total. The van der Waals surface area contributed by atoms with Gasteiger partial charge in [0.05, 0.1) is 49.8 Å². The van der Waals surface area contributed by atoms with Gasteiger partial charge in [0.15, 0.2) is 11.6 Å². The van der Waals surface area contributed by atoms with Crippen LogP contribution in [0.4, 0.5) is 0 Å². The Bertz CT molecular complexity index is 2200. The minimum Gasteiger partial charge on any atom is -0.393 e. The Kier molecular flexibility index (Phi) is 61.8. The fraction of sp³-hybridized carbons (Fsp3) is 0.746. The molecule has 0 heterocycles. The lowest BCUT2D eigenvalue weighted by Gasteiger charge is -2.07. The molecule has 0 amide bonds. The van der Waals surface area contributed by atoms with E-state index in [1.165, 1.54) is 34.6 Å². The van der Waals surface area contributed by atoms with Crippen LogP contribution in [0.5, 0.6) is 0 Å². The number of aliphatic hydroxyl groups is 5. The van der Waals surface area contributed by atoms with Crippen molar-refractivity contribution in [3.63, 3.8) is 0 Å². The average Bonchev–Trinajstić information content (AvgIpc) is 3.45. The van der Waals surface area contributed by atoms with E-state index in [0.717, 1.165) is 19.3 Å². The highest BCUT2D eigenvalue weighted by atomic mass is 16.3. The van der Waals surface area contributed by atoms with Crippen LogP contribution in [0, 0.1) is 0 Å². The molecule has 0 aromatic heterocycles. The van der Waals surface area contributed by atoms with Gasteiger partial charge < -0.3 is 30.3 Å². The zero-order valence-electron chi connectivity index (χ0n) is 55.3. The Morgan fingerprint density at radius 3 is 0.831 bits per heavy atom. The summed E-state index contributed by atoms with van der Waals surface area (Å²) in [6.07, 6.45) is 8.90. The van der Waals surface area contributed by atoms with Gasteiger partial charge in [-0.3, -0.25) is 76.7 Å². The van der Waals surface area contributed by atoms with Crippen molar-refractivity contribution in [2.75, 3.05) is 0 Å². The van der Waals surface area contributed by atoms with Crippen LogP contribution in [-0.4, -0.2) is 154 Å². The summed E-state index contributed by atoms with van der Waals surface area (Å²) in [5, 5.41) is 45.8. The van der Waals surface area contributed by atoms with Crippen molar-refractivity contribution in [3.05, 3.63) is 0 Å². The van der Waals surface area contributed by atoms with Crippen molar-refractivity contribution in [2.45, 2.75) is 324 Å². The van der Waals surface area contributed by atoms with Crippen LogP contribution in [0.3, 0.4) is 0 Å². The third kappa shape index (κ3) is 76.4. The van der Waals surface area contributed by atoms with Crippen molar-refractivity contribution in [3.8, 4) is 0 Å². The molecular weight excluding hydrogens is 1160 g/mol. The predicted octanol–water partition coefficient (Wildman–Crippen LogP) is 8.26. The molecular formula is C67H110O22. The first-order valence-corrected chi connectivity index (χ1v) is 31.6. The third-order valence-corrected chi connectivity index (χ3v) is 13.1. The molecule has 0 aromatic carbocycles. The number of hydrogen-bond donors (Lipinski definition) is 5. The van der Waals surface area contributed by atoms with Crippen molar-refractivity contribution in [1.29, 1.82) is 0 Å². The molecule has 0 radical (unpaired) electrons. The topological polar surface area (TPSA) is 391 Å². The van der Waals surface area contributed by atoms with Gasteiger partial charge in [0.25, 0.3) is 0 Å². The number of aliphatic hydroxyl groups excluding tert-OH is 5. The predicted molar refractivity (Wildman–Crippen MR) is 333 cm³/mol. The van der Waals surface area contributed by atoms with E-state index >= 15 is 0 Å². The summed E-state index contributed by atoms with van der Waals surface area (Å²) in [5.74, 6) is -2.52. The molecule has 5 N–H and O–H groups in total. The Morgan fingerprint density at radius 1 is 0.258 bits per heavy atom. The molecule has 0 rings (SSSR count). The van der Waals surface area contributed by atoms with Gasteiger partial charge in [-0.25, -0.2) is 0 Å². The first-order valence-electron chi connectivity index (χ1n) is 31.6. The SMILES string of the molecule is CC(=O)C(=O)CCC(=O)CCC(=O)CCC(C)O.CC(=O)CC(=O)CCC(=O)CCCCC(C)O.CC(=O)CCC(=O)CCC(=O)CCC(=O)CCC(C)O.CCC(O)CCCC(=O)CCC(=O)CC(C)=O.CCCC(O)CCC(=O)CCC(=O)CC(C)=O. The van der Waals surface area contributed by atoms with E-state index in [1.54, 1.807) is 20.8 Å². The van der Waals surface area contributed by atoms with Crippen molar-refractivity contribution in [1.82, 2.24) is 0 Å². The summed E-state index contributed by atoms with van der Waals surface area (Å²) in [7, 11) is 0. The molecule has 0 aliphatic carbocycles. The van der Waals surface area contributed by atoms with E-state index in [-0.39, 0.29) is 234 Å². The fourth-order valence-electron chi connectivity index (χ4n) is 7.56. The number of ketones is 17. The molecule has 5 atom stereocenters. The maximum Gasteiger partial charge on any atom is 0.198 e. The number of carbonyl (C=O) groups excluding carboxylic acids is 17. The largest absolute Gasteiger partial charge is 0.393 e. The van der Waals surface area contributed by atoms with Crippen molar-refractivity contribution in [2.24, 2.45) is 0 Å². The molecule has 0 aromatic rings. The number of unbranched alkanes of at least 4 members (excludes halogenated alkanes) is 1. The van der Waals surface area contributed by atoms with Crippen LogP contribution in [0.15, 0.2) is 0 Å². The van der Waals surface area contributed by atoms with Crippen LogP contribution in [-0.2, 0) is 81.5 Å². The molecule has 22 heteroatoms. The summed E-state index contributed by atoms with van der Waals surface area (Å²) < 4.78 is 0.